The van der Waals surface area contributed by atoms with Crippen LogP contribution in [0.1, 0.15) is 43.4 Å². The Labute approximate surface area is 278 Å². The molecule has 47 heavy (non-hydrogen) atoms. The Morgan fingerprint density at radius 1 is 0.787 bits per heavy atom. The van der Waals surface area contributed by atoms with Crippen LogP contribution < -0.4 is 47.4 Å². The molecule has 0 aromatic heterocycles. The van der Waals surface area contributed by atoms with E-state index in [1.165, 1.54) is 0 Å². The molecule has 14 nitrogen and oxygen atoms in total. The van der Waals surface area contributed by atoms with E-state index in [1.54, 1.807) is 38.5 Å². The lowest BCUT2D eigenvalue weighted by Crippen LogP contribution is -2.61. The lowest BCUT2D eigenvalue weighted by Gasteiger charge is -2.35. The summed E-state index contributed by atoms with van der Waals surface area (Å²) in [5.41, 5.74) is 17.4. The molecule has 9 N–H and O–H groups in total. The van der Waals surface area contributed by atoms with Crippen molar-refractivity contribution in [2.24, 2.45) is 17.2 Å². The van der Waals surface area contributed by atoms with Crippen LogP contribution in [-0.4, -0.2) is 104 Å². The topological polar surface area (TPSA) is 204 Å². The van der Waals surface area contributed by atoms with Gasteiger partial charge < -0.3 is 61.6 Å². The molecule has 0 bridgehead atoms. The maximum atomic E-state index is 13.9. The summed E-state index contributed by atoms with van der Waals surface area (Å²) >= 11 is 0. The fraction of sp³-hybridized carbons (Fsp3) is 0.576. The fourth-order valence-corrected chi connectivity index (χ4v) is 4.55. The second-order valence-corrected chi connectivity index (χ2v) is 10.8. The van der Waals surface area contributed by atoms with Crippen molar-refractivity contribution in [3.63, 3.8) is 0 Å². The monoisotopic (exact) mass is 662 g/mol. The number of methoxy groups -OCH3 is 2. The van der Waals surface area contributed by atoms with E-state index in [0.717, 1.165) is 5.56 Å². The number of carbonyl (C=O) groups is 2. The van der Waals surface area contributed by atoms with Crippen LogP contribution in [0.4, 0.5) is 4.79 Å². The predicted octanol–water partition coefficient (Wildman–Crippen LogP) is 1.44. The van der Waals surface area contributed by atoms with Crippen LogP contribution in [0.2, 0.25) is 0 Å². The molecule has 3 amide bonds. The van der Waals surface area contributed by atoms with Crippen molar-refractivity contribution in [3.8, 4) is 17.2 Å². The van der Waals surface area contributed by atoms with Gasteiger partial charge in [0.05, 0.1) is 40.1 Å². The van der Waals surface area contributed by atoms with Gasteiger partial charge in [-0.2, -0.15) is 0 Å². The number of hydrogen-bond donors (Lipinski definition) is 6. The fourth-order valence-electron chi connectivity index (χ4n) is 4.55. The van der Waals surface area contributed by atoms with Gasteiger partial charge in [-0.1, -0.05) is 12.1 Å². The summed E-state index contributed by atoms with van der Waals surface area (Å²) in [5, 5.41) is 8.90. The molecule has 0 saturated heterocycles. The first kappa shape index (κ1) is 39.5. The lowest BCUT2D eigenvalue weighted by molar-refractivity contribution is -0.122. The van der Waals surface area contributed by atoms with E-state index in [-0.39, 0.29) is 32.3 Å². The van der Waals surface area contributed by atoms with E-state index >= 15 is 0 Å². The molecule has 14 heteroatoms. The Kier molecular flexibility index (Phi) is 19.2. The number of hydrogen-bond acceptors (Lipinski definition) is 11. The maximum absolute atomic E-state index is 13.9. The zero-order chi connectivity index (χ0) is 34.3. The molecule has 1 atom stereocenters. The summed E-state index contributed by atoms with van der Waals surface area (Å²) in [6.45, 7) is 5.27. The summed E-state index contributed by atoms with van der Waals surface area (Å²) in [7, 11) is 3.12. The predicted molar refractivity (Wildman–Crippen MR) is 180 cm³/mol. The molecule has 1 unspecified atom stereocenters. The van der Waals surface area contributed by atoms with Gasteiger partial charge in [-0.05, 0) is 75.6 Å². The first-order chi connectivity index (χ1) is 22.8. The van der Waals surface area contributed by atoms with Crippen molar-refractivity contribution < 1.29 is 38.0 Å². The molecule has 0 spiro atoms. The number of ether oxygens (including phenoxy) is 6. The highest BCUT2D eigenvalue weighted by molar-refractivity contribution is 5.77. The van der Waals surface area contributed by atoms with Gasteiger partial charge in [0.25, 0.3) is 5.91 Å². The highest BCUT2D eigenvalue weighted by Gasteiger charge is 2.35. The smallest absolute Gasteiger partial charge is 0.316 e. The summed E-state index contributed by atoms with van der Waals surface area (Å²) in [5.74, 6) is 1.40. The normalized spacial score (nSPS) is 11.9. The van der Waals surface area contributed by atoms with E-state index < -0.39 is 17.6 Å². The Morgan fingerprint density at radius 3 is 1.83 bits per heavy atom. The van der Waals surface area contributed by atoms with E-state index in [0.29, 0.717) is 88.1 Å². The van der Waals surface area contributed by atoms with Crippen LogP contribution in [0.15, 0.2) is 42.5 Å². The van der Waals surface area contributed by atoms with Gasteiger partial charge in [-0.15, -0.1) is 0 Å². The second-order valence-electron chi connectivity index (χ2n) is 10.8. The summed E-state index contributed by atoms with van der Waals surface area (Å²) in [6, 6.07) is 11.3. The molecule has 0 aliphatic heterocycles. The highest BCUT2D eigenvalue weighted by atomic mass is 16.5. The SMILES string of the molecule is CCNC(=O)COc1ccc(C(NC(=O)NC(COCCCN)(COCCCN)COCCCN)c2ccc(OC)cc2OC)cc1. The molecule has 2 rings (SSSR count). The van der Waals surface area contributed by atoms with Gasteiger partial charge in [-0.25, -0.2) is 4.79 Å². The van der Waals surface area contributed by atoms with Crippen molar-refractivity contribution in [1.82, 2.24) is 16.0 Å². The third-order valence-corrected chi connectivity index (χ3v) is 6.98. The molecule has 0 fully saturated rings. The van der Waals surface area contributed by atoms with Gasteiger partial charge in [0.15, 0.2) is 6.61 Å². The largest absolute Gasteiger partial charge is 0.497 e. The van der Waals surface area contributed by atoms with Gasteiger partial charge >= 0.3 is 6.03 Å². The third kappa shape index (κ3) is 14.3. The number of nitrogens with two attached hydrogens (primary N) is 3. The maximum Gasteiger partial charge on any atom is 0.316 e. The number of nitrogens with one attached hydrogen (secondary N) is 3. The minimum atomic E-state index is -1.03. The van der Waals surface area contributed by atoms with E-state index in [4.69, 9.17) is 45.6 Å². The Balaban J connectivity index is 2.41. The van der Waals surface area contributed by atoms with Gasteiger partial charge in [0.1, 0.15) is 22.8 Å². The Hall–Kier alpha value is -3.66. The van der Waals surface area contributed by atoms with Crippen LogP contribution in [0.25, 0.3) is 0 Å². The third-order valence-electron chi connectivity index (χ3n) is 6.98. The summed E-state index contributed by atoms with van der Waals surface area (Å²) in [6.07, 6.45) is 1.98. The van der Waals surface area contributed by atoms with Crippen LogP contribution in [0, 0.1) is 0 Å². The van der Waals surface area contributed by atoms with Crippen molar-refractivity contribution in [2.45, 2.75) is 37.8 Å². The molecule has 0 saturated carbocycles. The molecular formula is C33H54N6O8. The zero-order valence-electron chi connectivity index (χ0n) is 28.0. The quantitative estimate of drug-likeness (QED) is 0.0840. The number of rotatable bonds is 25. The average Bonchev–Trinajstić information content (AvgIpc) is 3.08. The molecular weight excluding hydrogens is 608 g/mol. The molecule has 264 valence electrons. The molecule has 2 aromatic rings. The number of amides is 3. The number of urea groups is 1. The van der Waals surface area contributed by atoms with E-state index in [2.05, 4.69) is 16.0 Å². The van der Waals surface area contributed by atoms with Gasteiger partial charge in [0, 0.05) is 38.0 Å². The van der Waals surface area contributed by atoms with Crippen LogP contribution in [0.5, 0.6) is 17.2 Å². The summed E-state index contributed by atoms with van der Waals surface area (Å²) in [4.78, 5) is 25.8. The lowest BCUT2D eigenvalue weighted by atomic mass is 9.97. The molecule has 0 heterocycles. The summed E-state index contributed by atoms with van der Waals surface area (Å²) < 4.78 is 34.6. The number of benzene rings is 2. The zero-order valence-corrected chi connectivity index (χ0v) is 28.0. The van der Waals surface area contributed by atoms with E-state index in [1.807, 2.05) is 25.1 Å². The van der Waals surface area contributed by atoms with Crippen LogP contribution in [-0.2, 0) is 19.0 Å². The van der Waals surface area contributed by atoms with Gasteiger partial charge in [0.2, 0.25) is 0 Å². The minimum absolute atomic E-state index is 0.111. The van der Waals surface area contributed by atoms with E-state index in [9.17, 15) is 9.59 Å². The van der Waals surface area contributed by atoms with Crippen molar-refractivity contribution in [1.29, 1.82) is 0 Å². The standard InChI is InChI=1S/C33H54N6O8/c1-4-37-30(40)21-47-26-10-8-25(9-11-26)31(28-13-12-27(42-2)20-29(28)43-3)38-32(41)39-33(22-44-17-5-14-34,23-45-18-6-15-35)24-46-19-7-16-36/h8-13,20,31H,4-7,14-19,21-24,34-36H2,1-3H3,(H,37,40)(H2,38,39,41). The number of carbonyl (C=O) groups excluding carboxylic acids is 2. The Morgan fingerprint density at radius 2 is 1.34 bits per heavy atom. The van der Waals surface area contributed by atoms with Gasteiger partial charge in [-0.3, -0.25) is 4.79 Å². The first-order valence-electron chi connectivity index (χ1n) is 16.0. The molecule has 2 aromatic carbocycles. The first-order valence-corrected chi connectivity index (χ1v) is 16.0. The second kappa shape index (κ2) is 22.8. The van der Waals surface area contributed by atoms with Crippen molar-refractivity contribution in [3.05, 3.63) is 53.6 Å². The highest BCUT2D eigenvalue weighted by Crippen LogP contribution is 2.34. The van der Waals surface area contributed by atoms with Crippen molar-refractivity contribution >= 4 is 11.9 Å². The van der Waals surface area contributed by atoms with Crippen molar-refractivity contribution in [2.75, 3.05) is 86.6 Å². The van der Waals surface area contributed by atoms with Crippen LogP contribution in [0.3, 0.4) is 0 Å². The molecule has 0 radical (unpaired) electrons. The van der Waals surface area contributed by atoms with Crippen LogP contribution >= 0.6 is 0 Å². The molecule has 0 aliphatic rings. The average molecular weight is 663 g/mol. The molecule has 0 aliphatic carbocycles. The number of likely N-dealkylation sites (N-methyl/N-ethyl adjacent to an activating group) is 1. The minimum Gasteiger partial charge on any atom is -0.497 e. The Bertz CT molecular complexity index is 1140.